The van der Waals surface area contributed by atoms with Crippen LogP contribution in [0.25, 0.3) is 5.65 Å². The van der Waals surface area contributed by atoms with E-state index in [1.54, 1.807) is 23.4 Å². The minimum atomic E-state index is 0.475. The number of aryl methyl sites for hydroxylation is 1. The fraction of sp³-hybridized carbons (Fsp3) is 0.267. The van der Waals surface area contributed by atoms with Crippen molar-refractivity contribution in [3.05, 3.63) is 47.7 Å². The lowest BCUT2D eigenvalue weighted by Crippen LogP contribution is -2.01. The van der Waals surface area contributed by atoms with Crippen LogP contribution in [-0.2, 0) is 12.2 Å². The second-order valence-corrected chi connectivity index (χ2v) is 5.47. The van der Waals surface area contributed by atoms with E-state index in [4.69, 9.17) is 4.74 Å². The van der Waals surface area contributed by atoms with Gasteiger partial charge in [0.15, 0.2) is 5.65 Å². The Balaban J connectivity index is 1.87. The van der Waals surface area contributed by atoms with Gasteiger partial charge < -0.3 is 4.74 Å². The molecule has 1 aromatic carbocycles. The first-order valence-electron chi connectivity index (χ1n) is 6.77. The Hall–Kier alpha value is -2.08. The zero-order chi connectivity index (χ0) is 14.7. The van der Waals surface area contributed by atoms with Gasteiger partial charge >= 0.3 is 6.01 Å². The number of nitrogens with zero attached hydrogens (tertiary/aromatic N) is 4. The molecule has 3 aromatic rings. The highest BCUT2D eigenvalue weighted by atomic mass is 32.2. The largest absolute Gasteiger partial charge is 0.467 e. The Morgan fingerprint density at radius 3 is 2.71 bits per heavy atom. The minimum Gasteiger partial charge on any atom is -0.467 e. The second kappa shape index (κ2) is 6.13. The van der Waals surface area contributed by atoms with E-state index in [2.05, 4.69) is 34.1 Å². The van der Waals surface area contributed by atoms with Crippen LogP contribution in [0.1, 0.15) is 18.2 Å². The summed E-state index contributed by atoms with van der Waals surface area (Å²) in [6.07, 6.45) is 0.839. The van der Waals surface area contributed by atoms with Crippen LogP contribution in [0, 0.1) is 0 Å². The van der Waals surface area contributed by atoms with Crippen molar-refractivity contribution in [3.63, 3.8) is 0 Å². The Morgan fingerprint density at radius 1 is 1.19 bits per heavy atom. The van der Waals surface area contributed by atoms with Gasteiger partial charge in [-0.05, 0) is 12.0 Å². The van der Waals surface area contributed by atoms with Gasteiger partial charge in [-0.25, -0.2) is 9.97 Å². The molecule has 108 valence electrons. The van der Waals surface area contributed by atoms with Crippen molar-refractivity contribution in [1.29, 1.82) is 0 Å². The summed E-state index contributed by atoms with van der Waals surface area (Å²) in [5, 5.41) is 5.18. The molecule has 0 aliphatic carbocycles. The molecule has 0 amide bonds. The lowest BCUT2D eigenvalue weighted by molar-refractivity contribution is 0.364. The summed E-state index contributed by atoms with van der Waals surface area (Å²) in [5.41, 5.74) is 2.97. The fourth-order valence-electron chi connectivity index (χ4n) is 1.99. The summed E-state index contributed by atoms with van der Waals surface area (Å²) in [6.45, 7) is 2.06. The third-order valence-corrected chi connectivity index (χ3v) is 3.99. The zero-order valence-corrected chi connectivity index (χ0v) is 12.8. The molecule has 0 saturated carbocycles. The third-order valence-electron chi connectivity index (χ3n) is 3.08. The van der Waals surface area contributed by atoms with Crippen LogP contribution in [0.4, 0.5) is 0 Å². The molecular weight excluding hydrogens is 284 g/mol. The Morgan fingerprint density at radius 2 is 2.00 bits per heavy atom. The van der Waals surface area contributed by atoms with E-state index in [-0.39, 0.29) is 0 Å². The predicted molar refractivity (Wildman–Crippen MR) is 82.7 cm³/mol. The SMILES string of the molecule is CCc1cc2nc(SCc3ccccc3)nn2c(OC)n1. The van der Waals surface area contributed by atoms with Gasteiger partial charge in [0.25, 0.3) is 0 Å². The Bertz CT molecular complexity index is 742. The number of ether oxygens (including phenoxy) is 1. The van der Waals surface area contributed by atoms with Crippen molar-refractivity contribution in [1.82, 2.24) is 19.6 Å². The molecule has 0 aliphatic heterocycles. The normalized spacial score (nSPS) is 11.0. The summed E-state index contributed by atoms with van der Waals surface area (Å²) in [5.74, 6) is 0.841. The van der Waals surface area contributed by atoms with Crippen molar-refractivity contribution < 1.29 is 4.74 Å². The number of rotatable bonds is 5. The molecule has 21 heavy (non-hydrogen) atoms. The smallest absolute Gasteiger partial charge is 0.319 e. The van der Waals surface area contributed by atoms with Crippen LogP contribution in [-0.4, -0.2) is 26.7 Å². The highest BCUT2D eigenvalue weighted by molar-refractivity contribution is 7.98. The third kappa shape index (κ3) is 3.00. The van der Waals surface area contributed by atoms with Crippen LogP contribution >= 0.6 is 11.8 Å². The molecule has 0 spiro atoms. The van der Waals surface area contributed by atoms with E-state index in [0.29, 0.717) is 6.01 Å². The molecule has 0 radical (unpaired) electrons. The van der Waals surface area contributed by atoms with Crippen molar-refractivity contribution >= 4 is 17.4 Å². The van der Waals surface area contributed by atoms with Gasteiger partial charge in [-0.1, -0.05) is 49.0 Å². The lowest BCUT2D eigenvalue weighted by atomic mass is 10.2. The van der Waals surface area contributed by atoms with Crippen LogP contribution in [0.5, 0.6) is 6.01 Å². The van der Waals surface area contributed by atoms with Crippen molar-refractivity contribution in [2.45, 2.75) is 24.3 Å². The molecule has 0 unspecified atom stereocenters. The van der Waals surface area contributed by atoms with Crippen molar-refractivity contribution in [2.24, 2.45) is 0 Å². The van der Waals surface area contributed by atoms with Crippen LogP contribution in [0.3, 0.4) is 0 Å². The lowest BCUT2D eigenvalue weighted by Gasteiger charge is -2.02. The van der Waals surface area contributed by atoms with Gasteiger partial charge in [-0.2, -0.15) is 4.52 Å². The highest BCUT2D eigenvalue weighted by Gasteiger charge is 2.11. The molecule has 0 aliphatic rings. The first-order valence-corrected chi connectivity index (χ1v) is 7.76. The number of benzene rings is 1. The molecule has 3 rings (SSSR count). The summed E-state index contributed by atoms with van der Waals surface area (Å²) >= 11 is 1.61. The van der Waals surface area contributed by atoms with E-state index >= 15 is 0 Å². The topological polar surface area (TPSA) is 52.3 Å². The predicted octanol–water partition coefficient (Wildman–Crippen LogP) is 2.99. The maximum atomic E-state index is 5.29. The highest BCUT2D eigenvalue weighted by Crippen LogP contribution is 2.22. The van der Waals surface area contributed by atoms with E-state index in [0.717, 1.165) is 28.7 Å². The average molecular weight is 300 g/mol. The minimum absolute atomic E-state index is 0.475. The molecule has 0 atom stereocenters. The monoisotopic (exact) mass is 300 g/mol. The van der Waals surface area contributed by atoms with Crippen LogP contribution in [0.2, 0.25) is 0 Å². The van der Waals surface area contributed by atoms with Gasteiger partial charge in [-0.15, -0.1) is 5.10 Å². The Kier molecular flexibility index (Phi) is 4.06. The number of methoxy groups -OCH3 is 1. The second-order valence-electron chi connectivity index (χ2n) is 4.53. The van der Waals surface area contributed by atoms with Gasteiger partial charge in [0.2, 0.25) is 5.16 Å². The van der Waals surface area contributed by atoms with E-state index < -0.39 is 0 Å². The zero-order valence-electron chi connectivity index (χ0n) is 12.0. The van der Waals surface area contributed by atoms with Crippen molar-refractivity contribution in [2.75, 3.05) is 7.11 Å². The van der Waals surface area contributed by atoms with Gasteiger partial charge in [-0.3, -0.25) is 0 Å². The molecule has 0 fully saturated rings. The number of fused-ring (bicyclic) bond motifs is 1. The van der Waals surface area contributed by atoms with E-state index in [1.165, 1.54) is 5.56 Å². The molecule has 0 saturated heterocycles. The molecule has 0 N–H and O–H groups in total. The first kappa shape index (κ1) is 13.9. The average Bonchev–Trinajstić information content (AvgIpc) is 2.95. The van der Waals surface area contributed by atoms with Crippen LogP contribution in [0.15, 0.2) is 41.6 Å². The summed E-state index contributed by atoms with van der Waals surface area (Å²) < 4.78 is 6.93. The molecule has 6 heteroatoms. The number of hydrogen-bond donors (Lipinski definition) is 0. The molecule has 2 heterocycles. The number of hydrogen-bond acceptors (Lipinski definition) is 5. The summed E-state index contributed by atoms with van der Waals surface area (Å²) in [7, 11) is 1.60. The Labute approximate surface area is 127 Å². The van der Waals surface area contributed by atoms with Gasteiger partial charge in [0, 0.05) is 17.5 Å². The van der Waals surface area contributed by atoms with Gasteiger partial charge in [0.1, 0.15) is 0 Å². The molecule has 0 bridgehead atoms. The standard InChI is InChI=1S/C15H16N4OS/c1-3-12-9-13-17-14(18-19(13)15(16-12)20-2)21-10-11-7-5-4-6-8-11/h4-9H,3,10H2,1-2H3. The fourth-order valence-corrected chi connectivity index (χ4v) is 2.77. The van der Waals surface area contributed by atoms with Gasteiger partial charge in [0.05, 0.1) is 7.11 Å². The summed E-state index contributed by atoms with van der Waals surface area (Å²) in [6, 6.07) is 12.7. The van der Waals surface area contributed by atoms with E-state index in [9.17, 15) is 0 Å². The molecule has 5 nitrogen and oxygen atoms in total. The maximum absolute atomic E-state index is 5.29. The number of thioether (sulfide) groups is 1. The molecular formula is C15H16N4OS. The number of aromatic nitrogens is 4. The quantitative estimate of drug-likeness (QED) is 0.678. The first-order chi connectivity index (χ1) is 10.3. The van der Waals surface area contributed by atoms with E-state index in [1.807, 2.05) is 24.3 Å². The van der Waals surface area contributed by atoms with Crippen molar-refractivity contribution in [3.8, 4) is 6.01 Å². The maximum Gasteiger partial charge on any atom is 0.319 e. The molecule has 2 aromatic heterocycles. The summed E-state index contributed by atoms with van der Waals surface area (Å²) in [4.78, 5) is 8.94. The van der Waals surface area contributed by atoms with Crippen LogP contribution < -0.4 is 4.74 Å².